The lowest BCUT2D eigenvalue weighted by molar-refractivity contribution is 0.289. The van der Waals surface area contributed by atoms with E-state index in [0.29, 0.717) is 0 Å². The summed E-state index contributed by atoms with van der Waals surface area (Å²) in [6.45, 7) is 3.90. The van der Waals surface area contributed by atoms with Gasteiger partial charge < -0.3 is 10.1 Å². The monoisotopic (exact) mass is 268 g/mol. The molecule has 0 bridgehead atoms. The van der Waals surface area contributed by atoms with E-state index in [4.69, 9.17) is 9.72 Å². The number of para-hydroxylation sites is 1. The first kappa shape index (κ1) is 13.0. The second-order valence-corrected chi connectivity index (χ2v) is 5.08. The third kappa shape index (κ3) is 2.62. The number of ether oxygens (including phenoxy) is 1. The molecule has 0 amide bonds. The fraction of sp³-hybridized carbons (Fsp3) is 0.353. The van der Waals surface area contributed by atoms with E-state index in [1.807, 2.05) is 18.2 Å². The van der Waals surface area contributed by atoms with E-state index >= 15 is 0 Å². The van der Waals surface area contributed by atoms with E-state index in [-0.39, 0.29) is 0 Å². The van der Waals surface area contributed by atoms with Crippen LogP contribution in [0.4, 0.5) is 5.82 Å². The zero-order valence-electron chi connectivity index (χ0n) is 11.9. The molecule has 0 fully saturated rings. The molecule has 0 aliphatic carbocycles. The molecule has 0 atom stereocenters. The van der Waals surface area contributed by atoms with Gasteiger partial charge in [0.2, 0.25) is 0 Å². The van der Waals surface area contributed by atoms with Crippen molar-refractivity contribution in [3.05, 3.63) is 42.0 Å². The number of nitrogens with zero attached hydrogens (tertiary/aromatic N) is 1. The average Bonchev–Trinajstić information content (AvgIpc) is 2.52. The molecular formula is C17H20N2O. The van der Waals surface area contributed by atoms with Crippen LogP contribution < -0.4 is 10.1 Å². The van der Waals surface area contributed by atoms with Crippen molar-refractivity contribution >= 4 is 5.82 Å². The molecule has 1 aliphatic heterocycles. The van der Waals surface area contributed by atoms with Gasteiger partial charge in [-0.05, 0) is 43.0 Å². The number of rotatable bonds is 4. The lowest BCUT2D eigenvalue weighted by Gasteiger charge is -2.20. The SMILES string of the molecule is CCCNc1cccc(-c2cccc3c2OCCC3)n1. The number of aryl methyl sites for hydroxylation is 1. The van der Waals surface area contributed by atoms with Gasteiger partial charge in [-0.1, -0.05) is 25.1 Å². The molecule has 3 heteroatoms. The highest BCUT2D eigenvalue weighted by molar-refractivity contribution is 5.70. The number of benzene rings is 1. The van der Waals surface area contributed by atoms with Gasteiger partial charge in [0.1, 0.15) is 11.6 Å². The first-order chi connectivity index (χ1) is 9.88. The Hall–Kier alpha value is -2.03. The zero-order valence-corrected chi connectivity index (χ0v) is 11.9. The van der Waals surface area contributed by atoms with Crippen LogP contribution in [0.5, 0.6) is 5.75 Å². The molecule has 1 N–H and O–H groups in total. The fourth-order valence-electron chi connectivity index (χ4n) is 2.53. The van der Waals surface area contributed by atoms with Gasteiger partial charge in [-0.25, -0.2) is 4.98 Å². The van der Waals surface area contributed by atoms with Crippen LogP contribution in [0.25, 0.3) is 11.3 Å². The summed E-state index contributed by atoms with van der Waals surface area (Å²) in [5.74, 6) is 1.94. The average molecular weight is 268 g/mol. The maximum Gasteiger partial charge on any atom is 0.131 e. The number of aromatic nitrogens is 1. The normalized spacial score (nSPS) is 13.4. The molecule has 20 heavy (non-hydrogen) atoms. The van der Waals surface area contributed by atoms with E-state index in [9.17, 15) is 0 Å². The summed E-state index contributed by atoms with van der Waals surface area (Å²) in [7, 11) is 0. The molecule has 0 radical (unpaired) electrons. The van der Waals surface area contributed by atoms with Crippen molar-refractivity contribution in [1.82, 2.24) is 4.98 Å². The van der Waals surface area contributed by atoms with Crippen LogP contribution in [0.2, 0.25) is 0 Å². The predicted molar refractivity (Wildman–Crippen MR) is 82.3 cm³/mol. The molecule has 0 saturated carbocycles. The number of hydrogen-bond donors (Lipinski definition) is 1. The Morgan fingerprint density at radius 2 is 2.10 bits per heavy atom. The molecular weight excluding hydrogens is 248 g/mol. The lowest BCUT2D eigenvalue weighted by Crippen LogP contribution is -2.09. The van der Waals surface area contributed by atoms with Gasteiger partial charge in [0.15, 0.2) is 0 Å². The van der Waals surface area contributed by atoms with Crippen LogP contribution >= 0.6 is 0 Å². The van der Waals surface area contributed by atoms with Crippen LogP contribution in [-0.4, -0.2) is 18.1 Å². The number of nitrogens with one attached hydrogen (secondary N) is 1. The highest BCUT2D eigenvalue weighted by Crippen LogP contribution is 2.35. The highest BCUT2D eigenvalue weighted by Gasteiger charge is 2.16. The molecule has 2 aromatic rings. The predicted octanol–water partition coefficient (Wildman–Crippen LogP) is 3.90. The number of fused-ring (bicyclic) bond motifs is 1. The van der Waals surface area contributed by atoms with Gasteiger partial charge in [-0.3, -0.25) is 0 Å². The van der Waals surface area contributed by atoms with Crippen LogP contribution in [0, 0.1) is 0 Å². The molecule has 104 valence electrons. The van der Waals surface area contributed by atoms with Crippen molar-refractivity contribution in [2.24, 2.45) is 0 Å². The standard InChI is InChI=1S/C17H20N2O/c1-2-11-18-16-10-4-9-15(19-16)14-8-3-6-13-7-5-12-20-17(13)14/h3-4,6,8-10H,2,5,7,11-12H2,1H3,(H,18,19). The van der Waals surface area contributed by atoms with E-state index in [2.05, 4.69) is 30.4 Å². The summed E-state index contributed by atoms with van der Waals surface area (Å²) in [6, 6.07) is 12.4. The maximum atomic E-state index is 5.87. The van der Waals surface area contributed by atoms with E-state index in [1.54, 1.807) is 0 Å². The van der Waals surface area contributed by atoms with E-state index in [1.165, 1.54) is 5.56 Å². The summed E-state index contributed by atoms with van der Waals surface area (Å²) in [5.41, 5.74) is 3.37. The molecule has 1 aliphatic rings. The van der Waals surface area contributed by atoms with Gasteiger partial charge in [0.25, 0.3) is 0 Å². The Morgan fingerprint density at radius 1 is 1.20 bits per heavy atom. The smallest absolute Gasteiger partial charge is 0.131 e. The largest absolute Gasteiger partial charge is 0.493 e. The molecule has 2 heterocycles. The Bertz CT molecular complexity index is 595. The summed E-state index contributed by atoms with van der Waals surface area (Å²) < 4.78 is 5.87. The quantitative estimate of drug-likeness (QED) is 0.913. The Labute approximate surface area is 120 Å². The molecule has 1 aromatic heterocycles. The molecule has 0 spiro atoms. The Kier molecular flexibility index (Phi) is 3.86. The van der Waals surface area contributed by atoms with Crippen LogP contribution in [0.15, 0.2) is 36.4 Å². The number of pyridine rings is 1. The van der Waals surface area contributed by atoms with Crippen molar-refractivity contribution in [3.63, 3.8) is 0 Å². The highest BCUT2D eigenvalue weighted by atomic mass is 16.5. The van der Waals surface area contributed by atoms with Crippen LogP contribution in [-0.2, 0) is 6.42 Å². The second kappa shape index (κ2) is 5.95. The minimum Gasteiger partial charge on any atom is -0.493 e. The minimum absolute atomic E-state index is 0.803. The first-order valence-electron chi connectivity index (χ1n) is 7.34. The van der Waals surface area contributed by atoms with Crippen molar-refractivity contribution in [1.29, 1.82) is 0 Å². The van der Waals surface area contributed by atoms with Crippen LogP contribution in [0.1, 0.15) is 25.3 Å². The molecule has 3 rings (SSSR count). The minimum atomic E-state index is 0.803. The van der Waals surface area contributed by atoms with E-state index in [0.717, 1.165) is 55.2 Å². The molecule has 3 nitrogen and oxygen atoms in total. The van der Waals surface area contributed by atoms with Gasteiger partial charge in [0.05, 0.1) is 12.3 Å². The Morgan fingerprint density at radius 3 is 3.00 bits per heavy atom. The molecule has 0 saturated heterocycles. The van der Waals surface area contributed by atoms with Gasteiger partial charge in [0, 0.05) is 12.1 Å². The third-order valence-electron chi connectivity index (χ3n) is 3.51. The van der Waals surface area contributed by atoms with Crippen molar-refractivity contribution < 1.29 is 4.74 Å². The number of anilines is 1. The zero-order chi connectivity index (χ0) is 13.8. The van der Waals surface area contributed by atoms with Gasteiger partial charge in [-0.15, -0.1) is 0 Å². The lowest BCUT2D eigenvalue weighted by atomic mass is 10.0. The maximum absolute atomic E-state index is 5.87. The van der Waals surface area contributed by atoms with E-state index < -0.39 is 0 Å². The Balaban J connectivity index is 1.96. The van der Waals surface area contributed by atoms with Crippen molar-refractivity contribution in [2.75, 3.05) is 18.5 Å². The van der Waals surface area contributed by atoms with Crippen molar-refractivity contribution in [2.45, 2.75) is 26.2 Å². The fourth-order valence-corrected chi connectivity index (χ4v) is 2.53. The summed E-state index contributed by atoms with van der Waals surface area (Å²) in [6.07, 6.45) is 3.29. The summed E-state index contributed by atoms with van der Waals surface area (Å²) in [5, 5.41) is 3.33. The molecule has 0 unspecified atom stereocenters. The second-order valence-electron chi connectivity index (χ2n) is 5.08. The first-order valence-corrected chi connectivity index (χ1v) is 7.34. The third-order valence-corrected chi connectivity index (χ3v) is 3.51. The van der Waals surface area contributed by atoms with Crippen LogP contribution in [0.3, 0.4) is 0 Å². The topological polar surface area (TPSA) is 34.1 Å². The van der Waals surface area contributed by atoms with Gasteiger partial charge >= 0.3 is 0 Å². The van der Waals surface area contributed by atoms with Gasteiger partial charge in [-0.2, -0.15) is 0 Å². The summed E-state index contributed by atoms with van der Waals surface area (Å²) >= 11 is 0. The van der Waals surface area contributed by atoms with Crippen molar-refractivity contribution in [3.8, 4) is 17.0 Å². The summed E-state index contributed by atoms with van der Waals surface area (Å²) in [4.78, 5) is 4.70. The molecule has 1 aromatic carbocycles. The number of hydrogen-bond acceptors (Lipinski definition) is 3.